The first-order valence-corrected chi connectivity index (χ1v) is 9.26. The Hall–Kier alpha value is -2.32. The number of primary amides is 1. The normalized spacial score (nSPS) is 10.3. The van der Waals surface area contributed by atoms with Gasteiger partial charge < -0.3 is 15.8 Å². The van der Waals surface area contributed by atoms with Crippen molar-refractivity contribution in [3.8, 4) is 0 Å². The van der Waals surface area contributed by atoms with Crippen molar-refractivity contribution in [2.75, 3.05) is 17.7 Å². The number of aryl methyl sites for hydroxylation is 2. The number of amides is 2. The van der Waals surface area contributed by atoms with Gasteiger partial charge in [-0.05, 0) is 36.9 Å². The van der Waals surface area contributed by atoms with Crippen molar-refractivity contribution >= 4 is 45.9 Å². The Kier molecular flexibility index (Phi) is 6.60. The average molecular weight is 378 g/mol. The predicted octanol–water partition coefficient (Wildman–Crippen LogP) is 2.74. The fourth-order valence-corrected chi connectivity index (χ4v) is 3.68. The SMILES string of the molecule is Cc1ccc(C)c(SCC(=O)OCC(=O)Nc2sccc2C(N)=O)c1. The third kappa shape index (κ3) is 5.61. The molecule has 0 aliphatic carbocycles. The number of ether oxygens (including phenoxy) is 1. The second kappa shape index (κ2) is 8.68. The van der Waals surface area contributed by atoms with E-state index in [9.17, 15) is 14.4 Å². The molecule has 0 aliphatic heterocycles. The molecule has 0 aliphatic rings. The number of hydrogen-bond acceptors (Lipinski definition) is 6. The number of rotatable bonds is 7. The number of thiophene rings is 1. The van der Waals surface area contributed by atoms with Gasteiger partial charge in [-0.15, -0.1) is 23.1 Å². The second-order valence-corrected chi connectivity index (χ2v) is 7.23. The molecule has 0 saturated heterocycles. The molecule has 0 unspecified atom stereocenters. The molecule has 0 fully saturated rings. The van der Waals surface area contributed by atoms with Crippen molar-refractivity contribution in [3.63, 3.8) is 0 Å². The van der Waals surface area contributed by atoms with E-state index in [2.05, 4.69) is 5.32 Å². The fourth-order valence-electron chi connectivity index (χ4n) is 1.95. The lowest BCUT2D eigenvalue weighted by Crippen LogP contribution is -2.22. The van der Waals surface area contributed by atoms with Gasteiger partial charge in [-0.25, -0.2) is 0 Å². The fraction of sp³-hybridized carbons (Fsp3) is 0.235. The zero-order chi connectivity index (χ0) is 18.4. The molecular formula is C17H18N2O4S2. The Bertz CT molecular complexity index is 802. The van der Waals surface area contributed by atoms with Gasteiger partial charge in [-0.2, -0.15) is 0 Å². The van der Waals surface area contributed by atoms with Crippen LogP contribution < -0.4 is 11.1 Å². The van der Waals surface area contributed by atoms with E-state index in [1.54, 1.807) is 5.38 Å². The van der Waals surface area contributed by atoms with Crippen LogP contribution in [0.2, 0.25) is 0 Å². The number of nitrogens with two attached hydrogens (primary N) is 1. The van der Waals surface area contributed by atoms with E-state index >= 15 is 0 Å². The minimum atomic E-state index is -0.626. The molecule has 2 rings (SSSR count). The van der Waals surface area contributed by atoms with E-state index in [1.165, 1.54) is 29.2 Å². The summed E-state index contributed by atoms with van der Waals surface area (Å²) in [6, 6.07) is 7.53. The van der Waals surface area contributed by atoms with Gasteiger partial charge >= 0.3 is 5.97 Å². The van der Waals surface area contributed by atoms with Crippen LogP contribution in [-0.4, -0.2) is 30.1 Å². The van der Waals surface area contributed by atoms with Gasteiger partial charge in [0.25, 0.3) is 11.8 Å². The lowest BCUT2D eigenvalue weighted by molar-refractivity contribution is -0.144. The number of thioether (sulfide) groups is 1. The minimum absolute atomic E-state index is 0.114. The van der Waals surface area contributed by atoms with Gasteiger partial charge in [-0.1, -0.05) is 17.7 Å². The van der Waals surface area contributed by atoms with Crippen LogP contribution in [0.3, 0.4) is 0 Å². The number of carbonyl (C=O) groups is 3. The summed E-state index contributed by atoms with van der Waals surface area (Å²) in [4.78, 5) is 35.8. The molecule has 1 heterocycles. The summed E-state index contributed by atoms with van der Waals surface area (Å²) < 4.78 is 4.96. The van der Waals surface area contributed by atoms with Crippen molar-refractivity contribution in [3.05, 3.63) is 46.3 Å². The van der Waals surface area contributed by atoms with Gasteiger partial charge in [-0.3, -0.25) is 14.4 Å². The Labute approximate surface area is 153 Å². The molecule has 0 radical (unpaired) electrons. The van der Waals surface area contributed by atoms with E-state index in [-0.39, 0.29) is 11.3 Å². The van der Waals surface area contributed by atoms with E-state index in [4.69, 9.17) is 10.5 Å². The van der Waals surface area contributed by atoms with Gasteiger partial charge in [0.1, 0.15) is 5.00 Å². The van der Waals surface area contributed by atoms with E-state index in [0.717, 1.165) is 16.0 Å². The van der Waals surface area contributed by atoms with Gasteiger partial charge in [0, 0.05) is 4.90 Å². The summed E-state index contributed by atoms with van der Waals surface area (Å²) in [6.45, 7) is 3.54. The first-order valence-electron chi connectivity index (χ1n) is 7.39. The summed E-state index contributed by atoms with van der Waals surface area (Å²) >= 11 is 2.54. The van der Waals surface area contributed by atoms with Crippen LogP contribution in [0.5, 0.6) is 0 Å². The molecule has 132 valence electrons. The summed E-state index contributed by atoms with van der Waals surface area (Å²) in [5, 5.41) is 4.50. The van der Waals surface area contributed by atoms with E-state index in [1.807, 2.05) is 32.0 Å². The molecular weight excluding hydrogens is 360 g/mol. The highest BCUT2D eigenvalue weighted by atomic mass is 32.2. The van der Waals surface area contributed by atoms with Gasteiger partial charge in [0.2, 0.25) is 0 Å². The van der Waals surface area contributed by atoms with Crippen LogP contribution in [-0.2, 0) is 14.3 Å². The van der Waals surface area contributed by atoms with Crippen molar-refractivity contribution in [1.82, 2.24) is 0 Å². The maximum absolute atomic E-state index is 11.8. The smallest absolute Gasteiger partial charge is 0.316 e. The van der Waals surface area contributed by atoms with Crippen molar-refractivity contribution in [2.45, 2.75) is 18.7 Å². The molecule has 2 amide bonds. The van der Waals surface area contributed by atoms with Crippen LogP contribution in [0.1, 0.15) is 21.5 Å². The van der Waals surface area contributed by atoms with Crippen LogP contribution in [0.15, 0.2) is 34.5 Å². The lowest BCUT2D eigenvalue weighted by atomic mass is 10.2. The zero-order valence-electron chi connectivity index (χ0n) is 13.8. The second-order valence-electron chi connectivity index (χ2n) is 5.29. The molecule has 0 spiro atoms. The summed E-state index contributed by atoms with van der Waals surface area (Å²) in [5.41, 5.74) is 7.63. The monoisotopic (exact) mass is 378 g/mol. The maximum Gasteiger partial charge on any atom is 0.316 e. The Morgan fingerprint density at radius 3 is 2.72 bits per heavy atom. The molecule has 25 heavy (non-hydrogen) atoms. The highest BCUT2D eigenvalue weighted by Gasteiger charge is 2.14. The quantitative estimate of drug-likeness (QED) is 0.570. The van der Waals surface area contributed by atoms with Crippen molar-refractivity contribution in [2.24, 2.45) is 5.73 Å². The number of hydrogen-bond donors (Lipinski definition) is 2. The summed E-state index contributed by atoms with van der Waals surface area (Å²) in [5.74, 6) is -1.51. The first-order chi connectivity index (χ1) is 11.9. The highest BCUT2D eigenvalue weighted by molar-refractivity contribution is 8.00. The molecule has 1 aromatic heterocycles. The lowest BCUT2D eigenvalue weighted by Gasteiger charge is -2.08. The minimum Gasteiger partial charge on any atom is -0.455 e. The molecule has 0 atom stereocenters. The van der Waals surface area contributed by atoms with Gasteiger partial charge in [0.05, 0.1) is 11.3 Å². The standard InChI is InChI=1S/C17H18N2O4S2/c1-10-3-4-11(2)13(7-10)25-9-15(21)23-8-14(20)19-17-12(16(18)22)5-6-24-17/h3-7H,8-9H2,1-2H3,(H2,18,22)(H,19,20). The summed E-state index contributed by atoms with van der Waals surface area (Å²) in [6.07, 6.45) is 0. The predicted molar refractivity (Wildman–Crippen MR) is 99.1 cm³/mol. The molecule has 0 saturated carbocycles. The largest absolute Gasteiger partial charge is 0.455 e. The molecule has 1 aromatic carbocycles. The Morgan fingerprint density at radius 2 is 2.00 bits per heavy atom. The number of nitrogens with one attached hydrogen (secondary N) is 1. The van der Waals surface area contributed by atoms with Crippen LogP contribution >= 0.6 is 23.1 Å². The third-order valence-corrected chi connectivity index (χ3v) is 5.20. The van der Waals surface area contributed by atoms with Crippen molar-refractivity contribution < 1.29 is 19.1 Å². The molecule has 0 bridgehead atoms. The molecule has 8 heteroatoms. The number of esters is 1. The number of carbonyl (C=O) groups excluding carboxylic acids is 3. The Morgan fingerprint density at radius 1 is 1.24 bits per heavy atom. The first kappa shape index (κ1) is 19.0. The zero-order valence-corrected chi connectivity index (χ0v) is 15.5. The van der Waals surface area contributed by atoms with Crippen molar-refractivity contribution in [1.29, 1.82) is 0 Å². The van der Waals surface area contributed by atoms with Gasteiger partial charge in [0.15, 0.2) is 6.61 Å². The van der Waals surface area contributed by atoms with E-state index in [0.29, 0.717) is 5.00 Å². The average Bonchev–Trinajstić information content (AvgIpc) is 3.02. The highest BCUT2D eigenvalue weighted by Crippen LogP contribution is 2.24. The maximum atomic E-state index is 11.8. The molecule has 6 nitrogen and oxygen atoms in total. The van der Waals surface area contributed by atoms with Crippen LogP contribution in [0.25, 0.3) is 0 Å². The third-order valence-electron chi connectivity index (χ3n) is 3.24. The molecule has 3 N–H and O–H groups in total. The van der Waals surface area contributed by atoms with Crippen LogP contribution in [0, 0.1) is 13.8 Å². The van der Waals surface area contributed by atoms with E-state index < -0.39 is 24.4 Å². The summed E-state index contributed by atoms with van der Waals surface area (Å²) in [7, 11) is 0. The number of benzene rings is 1. The molecule has 2 aromatic rings. The van der Waals surface area contributed by atoms with Crippen LogP contribution in [0.4, 0.5) is 5.00 Å². The Balaban J connectivity index is 1.79. The topological polar surface area (TPSA) is 98.5 Å². The number of anilines is 1.